The Bertz CT molecular complexity index is 4890. The van der Waals surface area contributed by atoms with Crippen LogP contribution in [0.5, 0.6) is 0 Å². The number of rotatable bonds is 5. The molecule has 0 atom stereocenters. The molecule has 6 heterocycles. The summed E-state index contributed by atoms with van der Waals surface area (Å²) < 4.78 is 4.98. The van der Waals surface area contributed by atoms with Gasteiger partial charge < -0.3 is 23.8 Å². The molecule has 0 saturated carbocycles. The van der Waals surface area contributed by atoms with E-state index >= 15 is 0 Å². The maximum Gasteiger partial charge on any atom is 0.252 e. The average Bonchev–Trinajstić information content (AvgIpc) is 3.22. The fraction of sp³-hybridized carbons (Fsp3) is 0. The molecular weight excluding hydrogens is 989 g/mol. The largest absolute Gasteiger partial charge is 0.311 e. The van der Waals surface area contributed by atoms with Gasteiger partial charge in [-0.3, -0.25) is 0 Å². The molecule has 0 radical (unpaired) electrons. The van der Waals surface area contributed by atoms with Crippen LogP contribution in [0.2, 0.25) is 0 Å². The molecule has 0 fully saturated rings. The fourth-order valence-corrected chi connectivity index (χ4v) is 15.6. The summed E-state index contributed by atoms with van der Waals surface area (Å²) in [5.74, 6) is 0. The zero-order valence-corrected chi connectivity index (χ0v) is 44.1. The number of hydrogen-bond acceptors (Lipinski definition) is 4. The van der Waals surface area contributed by atoms with E-state index < -0.39 is 0 Å². The average molecular weight is 1030 g/mol. The van der Waals surface area contributed by atoms with Gasteiger partial charge in [0.15, 0.2) is 0 Å². The predicted octanol–water partition coefficient (Wildman–Crippen LogP) is 14.7. The van der Waals surface area contributed by atoms with Gasteiger partial charge in [-0.1, -0.05) is 187 Å². The molecule has 0 N–H and O–H groups in total. The molecule has 18 rings (SSSR count). The molecule has 2 aromatic heterocycles. The highest BCUT2D eigenvalue weighted by Gasteiger charge is 2.48. The molecule has 4 aliphatic rings. The summed E-state index contributed by atoms with van der Waals surface area (Å²) in [5.41, 5.74) is 25.6. The third-order valence-electron chi connectivity index (χ3n) is 17.4. The maximum atomic E-state index is 2.65. The van der Waals surface area contributed by atoms with Crippen molar-refractivity contribution in [3.05, 3.63) is 273 Å². The third-order valence-corrected chi connectivity index (χ3v) is 18.6. The van der Waals surface area contributed by atoms with Crippen LogP contribution >= 0.6 is 11.8 Å². The van der Waals surface area contributed by atoms with Crippen LogP contribution in [0.4, 0.5) is 51.2 Å². The Hall–Kier alpha value is -9.88. The zero-order chi connectivity index (χ0) is 52.2. The summed E-state index contributed by atoms with van der Waals surface area (Å²) in [6.07, 6.45) is 0. The standard InChI is InChI=1S/C72H45B2N5S/c1-6-24-46(25-7-1)75-57-38-20-16-34-51(57)67-62(75)43-64-69-71(67)78(49-30-12-4-13-31-49)59-40-22-18-36-53(59)73(69)55-42-56-65(44-61(55)77(64)48-28-10-3-11-29-48)80-66-45-63-68(52-35-17-21-39-58(52)76(63)47-26-8-2-9-27-47)72-70(66)74(56)54-37-19-23-41-60(54)79(72)50-32-14-5-15-33-50/h1-45H. The molecule has 12 aromatic carbocycles. The first-order valence-electron chi connectivity index (χ1n) is 27.7. The van der Waals surface area contributed by atoms with Crippen LogP contribution in [0, 0.1) is 0 Å². The molecular formula is C72H45B2N5S. The van der Waals surface area contributed by atoms with Crippen molar-refractivity contribution in [2.75, 3.05) is 14.7 Å². The summed E-state index contributed by atoms with van der Waals surface area (Å²) in [4.78, 5) is 10.3. The Morgan fingerprint density at radius 2 is 0.675 bits per heavy atom. The highest BCUT2D eigenvalue weighted by atomic mass is 32.2. The summed E-state index contributed by atoms with van der Waals surface area (Å²) in [7, 11) is 0. The Balaban J connectivity index is 0.981. The van der Waals surface area contributed by atoms with Crippen molar-refractivity contribution in [3.63, 3.8) is 0 Å². The van der Waals surface area contributed by atoms with E-state index in [9.17, 15) is 0 Å². The van der Waals surface area contributed by atoms with Gasteiger partial charge in [0.1, 0.15) is 0 Å². The van der Waals surface area contributed by atoms with Crippen LogP contribution in [0.15, 0.2) is 283 Å². The molecule has 4 aliphatic heterocycles. The van der Waals surface area contributed by atoms with E-state index in [-0.39, 0.29) is 13.4 Å². The quantitative estimate of drug-likeness (QED) is 0.160. The molecule has 370 valence electrons. The molecule has 0 amide bonds. The van der Waals surface area contributed by atoms with E-state index in [1.807, 2.05) is 11.8 Å². The first-order chi connectivity index (χ1) is 39.8. The smallest absolute Gasteiger partial charge is 0.252 e. The first kappa shape index (κ1) is 44.1. The van der Waals surface area contributed by atoms with Crippen molar-refractivity contribution in [3.8, 4) is 11.4 Å². The topological polar surface area (TPSA) is 19.6 Å². The van der Waals surface area contributed by atoms with Gasteiger partial charge in [-0.05, 0) is 130 Å². The number of nitrogens with zero attached hydrogens (tertiary/aromatic N) is 5. The van der Waals surface area contributed by atoms with E-state index in [1.165, 1.54) is 120 Å². The number of hydrogen-bond donors (Lipinski definition) is 0. The third kappa shape index (κ3) is 6.00. The van der Waals surface area contributed by atoms with E-state index in [1.54, 1.807) is 0 Å². The van der Waals surface area contributed by atoms with Crippen LogP contribution in [-0.2, 0) is 0 Å². The lowest BCUT2D eigenvalue weighted by Gasteiger charge is -2.45. The van der Waals surface area contributed by atoms with Gasteiger partial charge >= 0.3 is 0 Å². The molecule has 14 aromatic rings. The summed E-state index contributed by atoms with van der Waals surface area (Å²) in [6, 6.07) is 102. The minimum absolute atomic E-state index is 0.0574. The molecule has 0 aliphatic carbocycles. The maximum absolute atomic E-state index is 2.65. The SMILES string of the molecule is c1ccc(N2c3cc4c(cc3B3c5ccccc5N(c5ccccc5)c5c3c2cc2c5c3ccccc3n2-c2ccccc2)B2c3ccccc3N(c3ccccc3)c3c2c(cc2c3c3ccccc3n2-c2ccccc2)S4)cc1. The first-order valence-corrected chi connectivity index (χ1v) is 28.5. The van der Waals surface area contributed by atoms with E-state index in [4.69, 9.17) is 0 Å². The highest BCUT2D eigenvalue weighted by molar-refractivity contribution is 8.00. The van der Waals surface area contributed by atoms with Gasteiger partial charge in [0.2, 0.25) is 6.71 Å². The molecule has 0 spiro atoms. The van der Waals surface area contributed by atoms with Gasteiger partial charge in [-0.25, -0.2) is 0 Å². The van der Waals surface area contributed by atoms with Gasteiger partial charge in [0.25, 0.3) is 6.71 Å². The molecule has 8 heteroatoms. The second-order valence-corrected chi connectivity index (χ2v) is 22.6. The van der Waals surface area contributed by atoms with Crippen LogP contribution in [0.1, 0.15) is 0 Å². The van der Waals surface area contributed by atoms with Gasteiger partial charge in [0.05, 0.1) is 33.4 Å². The Morgan fingerprint density at radius 3 is 1.20 bits per heavy atom. The van der Waals surface area contributed by atoms with Crippen molar-refractivity contribution < 1.29 is 0 Å². The predicted molar refractivity (Wildman–Crippen MR) is 339 cm³/mol. The number of aromatic nitrogens is 2. The van der Waals surface area contributed by atoms with E-state index in [0.717, 1.165) is 28.4 Å². The lowest BCUT2D eigenvalue weighted by molar-refractivity contribution is 1.17. The van der Waals surface area contributed by atoms with Crippen molar-refractivity contribution in [1.29, 1.82) is 0 Å². The van der Waals surface area contributed by atoms with Crippen molar-refractivity contribution >= 4 is 153 Å². The molecule has 80 heavy (non-hydrogen) atoms. The van der Waals surface area contributed by atoms with Crippen molar-refractivity contribution in [2.45, 2.75) is 9.79 Å². The van der Waals surface area contributed by atoms with Gasteiger partial charge in [-0.2, -0.15) is 0 Å². The number of benzene rings is 12. The zero-order valence-electron chi connectivity index (χ0n) is 43.3. The molecule has 5 nitrogen and oxygen atoms in total. The van der Waals surface area contributed by atoms with Gasteiger partial charge in [-0.15, -0.1) is 0 Å². The molecule has 0 bridgehead atoms. The van der Waals surface area contributed by atoms with E-state index in [0.29, 0.717) is 0 Å². The van der Waals surface area contributed by atoms with Crippen LogP contribution in [0.3, 0.4) is 0 Å². The van der Waals surface area contributed by atoms with Crippen molar-refractivity contribution in [1.82, 2.24) is 9.13 Å². The Labute approximate surface area is 468 Å². The highest BCUT2D eigenvalue weighted by Crippen LogP contribution is 2.53. The van der Waals surface area contributed by atoms with Crippen molar-refractivity contribution in [2.24, 2.45) is 0 Å². The minimum Gasteiger partial charge on any atom is -0.311 e. The lowest BCUT2D eigenvalue weighted by atomic mass is 9.31. The second-order valence-electron chi connectivity index (χ2n) is 21.5. The Morgan fingerprint density at radius 1 is 0.263 bits per heavy atom. The summed E-state index contributed by atoms with van der Waals surface area (Å²) in [6.45, 7) is -0.158. The number of anilines is 9. The second kappa shape index (κ2) is 16.8. The summed E-state index contributed by atoms with van der Waals surface area (Å²) in [5, 5.41) is 4.99. The monoisotopic (exact) mass is 1030 g/mol. The van der Waals surface area contributed by atoms with Crippen LogP contribution in [0.25, 0.3) is 55.0 Å². The van der Waals surface area contributed by atoms with Gasteiger partial charge in [0, 0.05) is 82.5 Å². The fourth-order valence-electron chi connectivity index (χ4n) is 14.4. The molecule has 0 unspecified atom stereocenters. The minimum atomic E-state index is -0.100. The Kier molecular flexibility index (Phi) is 9.28. The number of fused-ring (bicyclic) bond motifs is 16. The normalized spacial score (nSPS) is 13.6. The van der Waals surface area contributed by atoms with Crippen LogP contribution < -0.4 is 47.5 Å². The summed E-state index contributed by atoms with van der Waals surface area (Å²) >= 11 is 1.94. The lowest BCUT2D eigenvalue weighted by Crippen LogP contribution is -2.64. The number of para-hydroxylation sites is 9. The molecule has 0 saturated heterocycles. The van der Waals surface area contributed by atoms with Crippen LogP contribution in [-0.4, -0.2) is 22.6 Å². The van der Waals surface area contributed by atoms with E-state index in [2.05, 4.69) is 297 Å².